The summed E-state index contributed by atoms with van der Waals surface area (Å²) in [6.45, 7) is 8.43. The molecule has 0 amide bonds. The maximum Gasteiger partial charge on any atom is 0.182 e. The van der Waals surface area contributed by atoms with E-state index in [-0.39, 0.29) is 0 Å². The molecule has 0 bridgehead atoms. The van der Waals surface area contributed by atoms with Crippen molar-refractivity contribution in [2.24, 2.45) is 0 Å². The topological polar surface area (TPSA) is 30.7 Å². The zero-order valence-corrected chi connectivity index (χ0v) is 18.1. The van der Waals surface area contributed by atoms with Crippen molar-refractivity contribution in [2.75, 3.05) is 0 Å². The van der Waals surface area contributed by atoms with Gasteiger partial charge in [-0.2, -0.15) is 0 Å². The van der Waals surface area contributed by atoms with Crippen molar-refractivity contribution in [1.29, 1.82) is 0 Å². The summed E-state index contributed by atoms with van der Waals surface area (Å²) in [7, 11) is 0. The highest BCUT2D eigenvalue weighted by Crippen LogP contribution is 2.30. The smallest absolute Gasteiger partial charge is 0.182 e. The number of hydrogen-bond donors (Lipinski definition) is 0. The van der Waals surface area contributed by atoms with Crippen LogP contribution in [-0.4, -0.2) is 14.8 Å². The summed E-state index contributed by atoms with van der Waals surface area (Å²) in [6, 6.07) is 20.9. The summed E-state index contributed by atoms with van der Waals surface area (Å²) < 4.78 is 3.06. The summed E-state index contributed by atoms with van der Waals surface area (Å²) in [5.41, 5.74) is 7.90. The number of halogens is 1. The maximum atomic E-state index is 4.95. The summed E-state index contributed by atoms with van der Waals surface area (Å²) in [6.07, 6.45) is 0. The van der Waals surface area contributed by atoms with Crippen LogP contribution in [0.4, 0.5) is 0 Å². The van der Waals surface area contributed by atoms with Gasteiger partial charge in [0, 0.05) is 15.6 Å². The van der Waals surface area contributed by atoms with E-state index in [0.717, 1.165) is 44.1 Å². The molecule has 0 N–H and O–H groups in total. The molecule has 0 atom stereocenters. The highest BCUT2D eigenvalue weighted by molar-refractivity contribution is 9.10. The van der Waals surface area contributed by atoms with Crippen LogP contribution in [0.3, 0.4) is 0 Å². The predicted molar refractivity (Wildman–Crippen MR) is 119 cm³/mol. The van der Waals surface area contributed by atoms with Crippen LogP contribution in [0.1, 0.15) is 22.3 Å². The van der Waals surface area contributed by atoms with Gasteiger partial charge in [0.1, 0.15) is 0 Å². The molecule has 0 fully saturated rings. The van der Waals surface area contributed by atoms with Gasteiger partial charge in [-0.15, -0.1) is 5.10 Å². The van der Waals surface area contributed by atoms with E-state index in [2.05, 4.69) is 86.1 Å². The molecule has 3 aromatic carbocycles. The Morgan fingerprint density at radius 2 is 1.36 bits per heavy atom. The minimum Gasteiger partial charge on any atom is -0.212 e. The quantitative estimate of drug-likeness (QED) is 0.365. The van der Waals surface area contributed by atoms with E-state index < -0.39 is 0 Å². The lowest BCUT2D eigenvalue weighted by Gasteiger charge is -2.13. The van der Waals surface area contributed by atoms with E-state index >= 15 is 0 Å². The van der Waals surface area contributed by atoms with Crippen LogP contribution in [0.5, 0.6) is 0 Å². The van der Waals surface area contributed by atoms with Crippen LogP contribution in [0.2, 0.25) is 0 Å². The lowest BCUT2D eigenvalue weighted by molar-refractivity contribution is 0.873. The first-order valence-corrected chi connectivity index (χ1v) is 10.1. The summed E-state index contributed by atoms with van der Waals surface area (Å²) in [5, 5.41) is 4.95. The van der Waals surface area contributed by atoms with Gasteiger partial charge in [-0.05, 0) is 63.1 Å². The van der Waals surface area contributed by atoms with Gasteiger partial charge in [0.2, 0.25) is 0 Å². The standard InChI is InChI=1S/C24H22BrN3/c1-15-10-16(2)12-20(11-15)23-26-24(19-8-6-5-7-9-19)28(27-23)22-17(3)13-21(25)14-18(22)4/h5-14H,1-4H3. The molecular weight excluding hydrogens is 410 g/mol. The molecule has 0 saturated carbocycles. The van der Waals surface area contributed by atoms with E-state index in [4.69, 9.17) is 10.1 Å². The molecule has 1 heterocycles. The molecule has 0 aliphatic carbocycles. The van der Waals surface area contributed by atoms with Crippen LogP contribution < -0.4 is 0 Å². The Bertz CT molecular complexity index is 1120. The lowest BCUT2D eigenvalue weighted by atomic mass is 10.1. The fourth-order valence-corrected chi connectivity index (χ4v) is 4.39. The van der Waals surface area contributed by atoms with Crippen molar-refractivity contribution >= 4 is 15.9 Å². The average Bonchev–Trinajstić information content (AvgIpc) is 3.06. The zero-order chi connectivity index (χ0) is 19.8. The molecule has 3 nitrogen and oxygen atoms in total. The van der Waals surface area contributed by atoms with Crippen molar-refractivity contribution in [1.82, 2.24) is 14.8 Å². The van der Waals surface area contributed by atoms with Gasteiger partial charge in [0.15, 0.2) is 11.6 Å². The maximum absolute atomic E-state index is 4.95. The Morgan fingerprint density at radius 1 is 0.750 bits per heavy atom. The molecule has 1 aromatic heterocycles. The molecule has 0 aliphatic heterocycles. The molecule has 140 valence electrons. The third kappa shape index (κ3) is 3.52. The molecule has 0 radical (unpaired) electrons. The largest absolute Gasteiger partial charge is 0.212 e. The first-order chi connectivity index (χ1) is 13.4. The van der Waals surface area contributed by atoms with Crippen LogP contribution in [-0.2, 0) is 0 Å². The van der Waals surface area contributed by atoms with Crippen LogP contribution >= 0.6 is 15.9 Å². The number of aromatic nitrogens is 3. The Morgan fingerprint density at radius 3 is 1.96 bits per heavy atom. The van der Waals surface area contributed by atoms with Gasteiger partial charge in [0.25, 0.3) is 0 Å². The van der Waals surface area contributed by atoms with Gasteiger partial charge in [0.05, 0.1) is 5.69 Å². The van der Waals surface area contributed by atoms with E-state index in [1.165, 1.54) is 11.1 Å². The second-order valence-electron chi connectivity index (χ2n) is 7.30. The van der Waals surface area contributed by atoms with Crippen LogP contribution in [0.15, 0.2) is 65.1 Å². The molecule has 0 spiro atoms. The monoisotopic (exact) mass is 431 g/mol. The molecule has 28 heavy (non-hydrogen) atoms. The van der Waals surface area contributed by atoms with Gasteiger partial charge in [-0.3, -0.25) is 0 Å². The Labute approximate surface area is 174 Å². The molecule has 4 heteroatoms. The van der Waals surface area contributed by atoms with Crippen molar-refractivity contribution in [3.05, 3.63) is 87.4 Å². The van der Waals surface area contributed by atoms with Crippen LogP contribution in [0, 0.1) is 27.7 Å². The lowest BCUT2D eigenvalue weighted by Crippen LogP contribution is -2.04. The minimum absolute atomic E-state index is 0.743. The number of rotatable bonds is 3. The number of aryl methyl sites for hydroxylation is 4. The Kier molecular flexibility index (Phi) is 4.90. The number of benzene rings is 3. The van der Waals surface area contributed by atoms with Crippen molar-refractivity contribution < 1.29 is 0 Å². The van der Waals surface area contributed by atoms with E-state index in [0.29, 0.717) is 0 Å². The molecule has 4 rings (SSSR count). The van der Waals surface area contributed by atoms with Gasteiger partial charge in [-0.1, -0.05) is 63.5 Å². The fraction of sp³-hybridized carbons (Fsp3) is 0.167. The van der Waals surface area contributed by atoms with Crippen molar-refractivity contribution in [3.63, 3.8) is 0 Å². The van der Waals surface area contributed by atoms with Gasteiger partial charge < -0.3 is 0 Å². The minimum atomic E-state index is 0.743. The molecular formula is C24H22BrN3. The number of nitrogens with zero attached hydrogens (tertiary/aromatic N) is 3. The van der Waals surface area contributed by atoms with Gasteiger partial charge in [-0.25, -0.2) is 9.67 Å². The summed E-state index contributed by atoms with van der Waals surface area (Å²) in [4.78, 5) is 4.95. The second-order valence-corrected chi connectivity index (χ2v) is 8.22. The van der Waals surface area contributed by atoms with E-state index in [1.54, 1.807) is 0 Å². The SMILES string of the molecule is Cc1cc(C)cc(-c2nc(-c3ccccc3)n(-c3c(C)cc(Br)cc3C)n2)c1. The highest BCUT2D eigenvalue weighted by atomic mass is 79.9. The normalized spacial score (nSPS) is 11.0. The summed E-state index contributed by atoms with van der Waals surface area (Å²) >= 11 is 3.60. The van der Waals surface area contributed by atoms with Gasteiger partial charge >= 0.3 is 0 Å². The first-order valence-electron chi connectivity index (χ1n) is 9.30. The Hall–Kier alpha value is -2.72. The second kappa shape index (κ2) is 7.36. The zero-order valence-electron chi connectivity index (χ0n) is 16.5. The predicted octanol–water partition coefficient (Wildman–Crippen LogP) is 6.60. The van der Waals surface area contributed by atoms with E-state index in [9.17, 15) is 0 Å². The number of hydrogen-bond acceptors (Lipinski definition) is 2. The third-order valence-corrected chi connectivity index (χ3v) is 5.24. The average molecular weight is 432 g/mol. The molecule has 0 unspecified atom stereocenters. The highest BCUT2D eigenvalue weighted by Gasteiger charge is 2.18. The molecule has 0 aliphatic rings. The van der Waals surface area contributed by atoms with Crippen molar-refractivity contribution in [2.45, 2.75) is 27.7 Å². The Balaban J connectivity index is 1.99. The molecule has 0 saturated heterocycles. The third-order valence-electron chi connectivity index (χ3n) is 4.79. The fourth-order valence-electron chi connectivity index (χ4n) is 3.71. The first kappa shape index (κ1) is 18.6. The van der Waals surface area contributed by atoms with Crippen LogP contribution in [0.25, 0.3) is 28.5 Å². The van der Waals surface area contributed by atoms with E-state index in [1.807, 2.05) is 22.9 Å². The summed E-state index contributed by atoms with van der Waals surface area (Å²) in [5.74, 6) is 1.59. The molecule has 4 aromatic rings. The van der Waals surface area contributed by atoms with Crippen molar-refractivity contribution in [3.8, 4) is 28.5 Å².